The van der Waals surface area contributed by atoms with Gasteiger partial charge in [-0.15, -0.1) is 24.0 Å². The Morgan fingerprint density at radius 2 is 2.04 bits per heavy atom. The summed E-state index contributed by atoms with van der Waals surface area (Å²) in [6.45, 7) is 0.854. The maximum atomic E-state index is 10.9. The molecule has 1 aliphatic carbocycles. The first-order chi connectivity index (χ1) is 10.5. The van der Waals surface area contributed by atoms with Crippen molar-refractivity contribution in [2.75, 3.05) is 24.7 Å². The standard InChI is InChI=1S/C15H24N4O2S.HI/c1-22(20,21)18-11-5-10-17-15(16)19-14-9-4-7-12-6-2-3-8-13(12)14;/h4,7,9,18H,2-3,5-6,8,10-11H2,1H3,(H3,16,17,19);1H. The molecule has 0 heterocycles. The van der Waals surface area contributed by atoms with E-state index in [1.54, 1.807) is 0 Å². The predicted octanol–water partition coefficient (Wildman–Crippen LogP) is 1.85. The molecule has 0 saturated heterocycles. The number of aryl methyl sites for hydroxylation is 1. The zero-order chi connectivity index (χ0) is 16.0. The summed E-state index contributed by atoms with van der Waals surface area (Å²) in [5, 5.41) is 3.17. The molecule has 0 bridgehead atoms. The molecule has 0 unspecified atom stereocenters. The van der Waals surface area contributed by atoms with Gasteiger partial charge in [0.1, 0.15) is 0 Å². The molecule has 6 nitrogen and oxygen atoms in total. The minimum atomic E-state index is -3.13. The number of fused-ring (bicyclic) bond motifs is 1. The van der Waals surface area contributed by atoms with Crippen LogP contribution in [0.2, 0.25) is 0 Å². The topological polar surface area (TPSA) is 96.6 Å². The summed E-state index contributed by atoms with van der Waals surface area (Å²) in [5.41, 5.74) is 9.67. The highest BCUT2D eigenvalue weighted by atomic mass is 127. The third kappa shape index (κ3) is 7.05. The van der Waals surface area contributed by atoms with E-state index >= 15 is 0 Å². The molecule has 0 amide bonds. The molecule has 1 aromatic carbocycles. The molecule has 2 rings (SSSR count). The smallest absolute Gasteiger partial charge is 0.208 e. The van der Waals surface area contributed by atoms with Gasteiger partial charge in [-0.2, -0.15) is 0 Å². The maximum Gasteiger partial charge on any atom is 0.208 e. The fourth-order valence-electron chi connectivity index (χ4n) is 2.61. The second kappa shape index (κ2) is 9.43. The highest BCUT2D eigenvalue weighted by Gasteiger charge is 2.12. The van der Waals surface area contributed by atoms with Gasteiger partial charge in [0.05, 0.1) is 6.26 Å². The minimum absolute atomic E-state index is 0. The third-order valence-electron chi connectivity index (χ3n) is 3.64. The van der Waals surface area contributed by atoms with Gasteiger partial charge in [0, 0.05) is 18.8 Å². The number of sulfonamides is 1. The number of nitrogens with one attached hydrogen (secondary N) is 2. The highest BCUT2D eigenvalue weighted by Crippen LogP contribution is 2.27. The SMILES string of the molecule is CS(=O)(=O)NCCCN=C(N)Nc1cccc2c1CCCC2.I. The van der Waals surface area contributed by atoms with Crippen molar-refractivity contribution in [1.82, 2.24) is 4.72 Å². The van der Waals surface area contributed by atoms with Gasteiger partial charge in [0.2, 0.25) is 10.0 Å². The van der Waals surface area contributed by atoms with Crippen LogP contribution in [0.3, 0.4) is 0 Å². The van der Waals surface area contributed by atoms with Crippen LogP contribution in [-0.2, 0) is 22.9 Å². The first-order valence-corrected chi connectivity index (χ1v) is 9.47. The number of nitrogens with zero attached hydrogens (tertiary/aromatic N) is 1. The number of nitrogens with two attached hydrogens (primary N) is 1. The monoisotopic (exact) mass is 452 g/mol. The molecule has 0 aromatic heterocycles. The van der Waals surface area contributed by atoms with Crippen LogP contribution in [0.4, 0.5) is 5.69 Å². The second-order valence-corrected chi connectivity index (χ2v) is 7.40. The lowest BCUT2D eigenvalue weighted by Crippen LogP contribution is -2.26. The van der Waals surface area contributed by atoms with Crippen LogP contribution in [0.15, 0.2) is 23.2 Å². The Hall–Kier alpha value is -0.870. The summed E-state index contributed by atoms with van der Waals surface area (Å²) in [6, 6.07) is 6.23. The second-order valence-electron chi connectivity index (χ2n) is 5.56. The third-order valence-corrected chi connectivity index (χ3v) is 4.37. The highest BCUT2D eigenvalue weighted by molar-refractivity contribution is 14.0. The number of rotatable bonds is 6. The Labute approximate surface area is 155 Å². The van der Waals surface area contributed by atoms with Gasteiger partial charge in [0.15, 0.2) is 5.96 Å². The Morgan fingerprint density at radius 3 is 2.78 bits per heavy atom. The van der Waals surface area contributed by atoms with Gasteiger partial charge in [-0.3, -0.25) is 4.99 Å². The lowest BCUT2D eigenvalue weighted by atomic mass is 9.90. The van der Waals surface area contributed by atoms with Gasteiger partial charge < -0.3 is 11.1 Å². The van der Waals surface area contributed by atoms with Gasteiger partial charge >= 0.3 is 0 Å². The van der Waals surface area contributed by atoms with Crippen LogP contribution in [0, 0.1) is 0 Å². The first kappa shape index (κ1) is 20.2. The van der Waals surface area contributed by atoms with Gasteiger partial charge in [-0.1, -0.05) is 12.1 Å². The number of aliphatic imine (C=N–C) groups is 1. The summed E-state index contributed by atoms with van der Waals surface area (Å²) in [5.74, 6) is 0.373. The average Bonchev–Trinajstić information content (AvgIpc) is 2.46. The summed E-state index contributed by atoms with van der Waals surface area (Å²) >= 11 is 0. The first-order valence-electron chi connectivity index (χ1n) is 7.58. The van der Waals surface area contributed by atoms with E-state index in [4.69, 9.17) is 5.73 Å². The van der Waals surface area contributed by atoms with Crippen molar-refractivity contribution >= 4 is 45.6 Å². The minimum Gasteiger partial charge on any atom is -0.370 e. The molecule has 0 fully saturated rings. The van der Waals surface area contributed by atoms with E-state index < -0.39 is 10.0 Å². The molecule has 0 radical (unpaired) electrons. The van der Waals surface area contributed by atoms with Crippen LogP contribution in [0.5, 0.6) is 0 Å². The van der Waals surface area contributed by atoms with Crippen LogP contribution < -0.4 is 15.8 Å². The van der Waals surface area contributed by atoms with E-state index in [1.165, 1.54) is 24.0 Å². The number of halogens is 1. The van der Waals surface area contributed by atoms with Crippen molar-refractivity contribution in [1.29, 1.82) is 0 Å². The van der Waals surface area contributed by atoms with Gasteiger partial charge in [0.25, 0.3) is 0 Å². The fourth-order valence-corrected chi connectivity index (χ4v) is 3.13. The molecular formula is C15H25IN4O2S. The summed E-state index contributed by atoms with van der Waals surface area (Å²) < 4.78 is 24.3. The Bertz CT molecular complexity index is 647. The van der Waals surface area contributed by atoms with E-state index in [0.717, 1.165) is 24.8 Å². The molecule has 4 N–H and O–H groups in total. The zero-order valence-corrected chi connectivity index (χ0v) is 16.5. The van der Waals surface area contributed by atoms with Crippen LogP contribution in [-0.4, -0.2) is 33.7 Å². The van der Waals surface area contributed by atoms with Crippen molar-refractivity contribution in [2.24, 2.45) is 10.7 Å². The van der Waals surface area contributed by atoms with Crippen LogP contribution >= 0.6 is 24.0 Å². The van der Waals surface area contributed by atoms with Crippen molar-refractivity contribution in [3.05, 3.63) is 29.3 Å². The number of hydrogen-bond donors (Lipinski definition) is 3. The van der Waals surface area contributed by atoms with Gasteiger partial charge in [-0.05, 0) is 49.3 Å². The molecule has 0 spiro atoms. The van der Waals surface area contributed by atoms with Crippen molar-refractivity contribution < 1.29 is 8.42 Å². The van der Waals surface area contributed by atoms with Crippen molar-refractivity contribution in [3.8, 4) is 0 Å². The van der Waals surface area contributed by atoms with E-state index in [2.05, 4.69) is 21.1 Å². The predicted molar refractivity (Wildman–Crippen MR) is 106 cm³/mol. The summed E-state index contributed by atoms with van der Waals surface area (Å²) in [6.07, 6.45) is 6.41. The molecule has 1 aromatic rings. The Morgan fingerprint density at radius 1 is 1.30 bits per heavy atom. The number of hydrogen-bond acceptors (Lipinski definition) is 3. The lowest BCUT2D eigenvalue weighted by Gasteiger charge is -2.19. The quantitative estimate of drug-likeness (QED) is 0.266. The zero-order valence-electron chi connectivity index (χ0n) is 13.3. The Kier molecular flexibility index (Phi) is 8.27. The molecule has 0 saturated carbocycles. The molecule has 23 heavy (non-hydrogen) atoms. The molecule has 1 aliphatic rings. The number of guanidine groups is 1. The maximum absolute atomic E-state index is 10.9. The van der Waals surface area contributed by atoms with Gasteiger partial charge in [-0.25, -0.2) is 13.1 Å². The number of anilines is 1. The molecule has 0 atom stereocenters. The lowest BCUT2D eigenvalue weighted by molar-refractivity contribution is 0.586. The largest absolute Gasteiger partial charge is 0.370 e. The Balaban J connectivity index is 0.00000264. The van der Waals surface area contributed by atoms with E-state index in [0.29, 0.717) is 25.5 Å². The average molecular weight is 452 g/mol. The van der Waals surface area contributed by atoms with Crippen molar-refractivity contribution in [3.63, 3.8) is 0 Å². The van der Waals surface area contributed by atoms with E-state index in [9.17, 15) is 8.42 Å². The molecule has 8 heteroatoms. The molecule has 130 valence electrons. The van der Waals surface area contributed by atoms with Crippen molar-refractivity contribution in [2.45, 2.75) is 32.1 Å². The fraction of sp³-hybridized carbons (Fsp3) is 0.533. The number of benzene rings is 1. The summed E-state index contributed by atoms with van der Waals surface area (Å²) in [4.78, 5) is 4.24. The van der Waals surface area contributed by atoms with Crippen LogP contribution in [0.25, 0.3) is 0 Å². The van der Waals surface area contributed by atoms with Crippen LogP contribution in [0.1, 0.15) is 30.4 Å². The molecular weight excluding hydrogens is 427 g/mol. The van der Waals surface area contributed by atoms with E-state index in [1.807, 2.05) is 12.1 Å². The summed E-state index contributed by atoms with van der Waals surface area (Å²) in [7, 11) is -3.13. The molecule has 0 aliphatic heterocycles. The normalized spacial score (nSPS) is 14.7. The van der Waals surface area contributed by atoms with E-state index in [-0.39, 0.29) is 24.0 Å².